The molecule has 1 saturated heterocycles. The molecular formula is C23H18FN3O3. The highest BCUT2D eigenvalue weighted by Gasteiger charge is 2.66. The maximum absolute atomic E-state index is 14.2. The highest BCUT2D eigenvalue weighted by Crippen LogP contribution is 2.55. The van der Waals surface area contributed by atoms with Crippen LogP contribution in [-0.4, -0.2) is 16.9 Å². The number of nitro groups is 1. The monoisotopic (exact) mass is 403 g/mol. The zero-order valence-electron chi connectivity index (χ0n) is 15.8. The molecule has 2 aliphatic heterocycles. The Balaban J connectivity index is 1.79. The van der Waals surface area contributed by atoms with Crippen molar-refractivity contribution in [3.63, 3.8) is 0 Å². The highest BCUT2D eigenvalue weighted by atomic mass is 19.1. The van der Waals surface area contributed by atoms with Crippen molar-refractivity contribution in [3.05, 3.63) is 111 Å². The van der Waals surface area contributed by atoms with Crippen molar-refractivity contribution < 1.29 is 14.1 Å². The highest BCUT2D eigenvalue weighted by molar-refractivity contribution is 6.07. The second-order valence-corrected chi connectivity index (χ2v) is 7.65. The zero-order valence-corrected chi connectivity index (χ0v) is 15.8. The van der Waals surface area contributed by atoms with Crippen molar-refractivity contribution in [1.29, 1.82) is 0 Å². The van der Waals surface area contributed by atoms with Gasteiger partial charge in [0, 0.05) is 16.2 Å². The van der Waals surface area contributed by atoms with E-state index < -0.39 is 35.3 Å². The van der Waals surface area contributed by atoms with Crippen LogP contribution in [0.5, 0.6) is 0 Å². The van der Waals surface area contributed by atoms with Gasteiger partial charge in [-0.25, -0.2) is 4.39 Å². The van der Waals surface area contributed by atoms with Gasteiger partial charge in [-0.3, -0.25) is 20.2 Å². The number of carbonyl (C=O) groups excluding carboxylic acids is 1. The van der Waals surface area contributed by atoms with Crippen molar-refractivity contribution >= 4 is 11.6 Å². The Bertz CT molecular complexity index is 1140. The number of amides is 1. The molecule has 30 heavy (non-hydrogen) atoms. The topological polar surface area (TPSA) is 84.3 Å². The van der Waals surface area contributed by atoms with Crippen LogP contribution in [0, 0.1) is 15.9 Å². The Morgan fingerprint density at radius 1 is 0.933 bits per heavy atom. The molecule has 0 aliphatic carbocycles. The third-order valence-corrected chi connectivity index (χ3v) is 6.11. The number of anilines is 1. The standard InChI is InChI=1S/C23H18FN3O3/c24-16-11-12-18-17(13-16)23(22(28)25-18)19(14-7-3-1-4-8-14)21(27(29)30)20(26-23)15-9-5-2-6-10-15/h1-13,19-21,26H,(H,25,28)/t19-,20+,21-,23+/m0/s1. The number of hydrogen-bond donors (Lipinski definition) is 2. The molecule has 1 spiro atoms. The van der Waals surface area contributed by atoms with Crippen LogP contribution in [0.1, 0.15) is 28.7 Å². The van der Waals surface area contributed by atoms with E-state index in [1.807, 2.05) is 12.1 Å². The first-order valence-corrected chi connectivity index (χ1v) is 9.65. The molecule has 0 radical (unpaired) electrons. The molecule has 5 rings (SSSR count). The fourth-order valence-electron chi connectivity index (χ4n) is 4.91. The van der Waals surface area contributed by atoms with Gasteiger partial charge in [-0.15, -0.1) is 0 Å². The maximum Gasteiger partial charge on any atom is 0.250 e. The number of nitrogens with one attached hydrogen (secondary N) is 2. The van der Waals surface area contributed by atoms with Crippen LogP contribution in [0.3, 0.4) is 0 Å². The number of fused-ring (bicyclic) bond motifs is 2. The minimum absolute atomic E-state index is 0.332. The lowest BCUT2D eigenvalue weighted by Gasteiger charge is -2.29. The lowest BCUT2D eigenvalue weighted by Crippen LogP contribution is -2.48. The van der Waals surface area contributed by atoms with Crippen LogP contribution in [0.15, 0.2) is 78.9 Å². The van der Waals surface area contributed by atoms with E-state index in [1.165, 1.54) is 18.2 Å². The van der Waals surface area contributed by atoms with Crippen LogP contribution >= 0.6 is 0 Å². The molecule has 3 aromatic carbocycles. The maximum atomic E-state index is 14.2. The smallest absolute Gasteiger partial charge is 0.250 e. The summed E-state index contributed by atoms with van der Waals surface area (Å²) in [6.07, 6.45) is 0. The first-order valence-electron chi connectivity index (χ1n) is 9.65. The van der Waals surface area contributed by atoms with E-state index >= 15 is 0 Å². The number of carbonyl (C=O) groups is 1. The Hall–Kier alpha value is -3.58. The first-order chi connectivity index (χ1) is 14.5. The first kappa shape index (κ1) is 18.4. The molecule has 1 fully saturated rings. The van der Waals surface area contributed by atoms with Crippen molar-refractivity contribution in [2.24, 2.45) is 0 Å². The lowest BCUT2D eigenvalue weighted by molar-refractivity contribution is -0.527. The molecule has 6 nitrogen and oxygen atoms in total. The fourth-order valence-corrected chi connectivity index (χ4v) is 4.91. The van der Waals surface area contributed by atoms with Crippen molar-refractivity contribution in [3.8, 4) is 0 Å². The SMILES string of the molecule is O=C1Nc2ccc(F)cc2[C@]12N[C@H](c1ccccc1)[C@@H]([N+](=O)[O-])[C@@H]2c1ccccc1. The minimum Gasteiger partial charge on any atom is -0.324 e. The summed E-state index contributed by atoms with van der Waals surface area (Å²) in [6.45, 7) is 0. The van der Waals surface area contributed by atoms with Crippen LogP contribution in [-0.2, 0) is 10.3 Å². The quantitative estimate of drug-likeness (QED) is 0.515. The second-order valence-electron chi connectivity index (χ2n) is 7.65. The van der Waals surface area contributed by atoms with Gasteiger partial charge in [0.1, 0.15) is 17.4 Å². The average molecular weight is 403 g/mol. The number of halogens is 1. The van der Waals surface area contributed by atoms with Crippen LogP contribution in [0.4, 0.5) is 10.1 Å². The van der Waals surface area contributed by atoms with Crippen molar-refractivity contribution in [2.45, 2.75) is 23.5 Å². The molecule has 2 heterocycles. The third kappa shape index (κ3) is 2.55. The Labute approximate surface area is 171 Å². The number of hydrogen-bond acceptors (Lipinski definition) is 4. The van der Waals surface area contributed by atoms with Gasteiger partial charge in [0.2, 0.25) is 11.9 Å². The third-order valence-electron chi connectivity index (χ3n) is 6.11. The summed E-state index contributed by atoms with van der Waals surface area (Å²) in [4.78, 5) is 25.4. The summed E-state index contributed by atoms with van der Waals surface area (Å²) in [6, 6.07) is 20.2. The van der Waals surface area contributed by atoms with E-state index in [-0.39, 0.29) is 4.92 Å². The van der Waals surface area contributed by atoms with Gasteiger partial charge in [0.05, 0.1) is 5.92 Å². The van der Waals surface area contributed by atoms with Crippen molar-refractivity contribution in [2.75, 3.05) is 5.32 Å². The molecule has 2 N–H and O–H groups in total. The van der Waals surface area contributed by atoms with E-state index in [0.717, 1.165) is 0 Å². The summed E-state index contributed by atoms with van der Waals surface area (Å²) in [5.41, 5.74) is 0.751. The van der Waals surface area contributed by atoms with E-state index in [2.05, 4.69) is 10.6 Å². The summed E-state index contributed by atoms with van der Waals surface area (Å²) in [7, 11) is 0. The van der Waals surface area contributed by atoms with Crippen LogP contribution in [0.25, 0.3) is 0 Å². The summed E-state index contributed by atoms with van der Waals surface area (Å²) in [5, 5.41) is 18.4. The predicted molar refractivity (Wildman–Crippen MR) is 109 cm³/mol. The molecule has 0 unspecified atom stereocenters. The van der Waals surface area contributed by atoms with E-state index in [1.54, 1.807) is 48.5 Å². The predicted octanol–water partition coefficient (Wildman–Crippen LogP) is 3.75. The van der Waals surface area contributed by atoms with Crippen molar-refractivity contribution in [1.82, 2.24) is 5.32 Å². The Morgan fingerprint density at radius 2 is 1.57 bits per heavy atom. The molecular weight excluding hydrogens is 385 g/mol. The van der Waals surface area contributed by atoms with Gasteiger partial charge in [-0.05, 0) is 29.3 Å². The van der Waals surface area contributed by atoms with Gasteiger partial charge < -0.3 is 5.32 Å². The molecule has 7 heteroatoms. The number of benzene rings is 3. The Kier molecular flexibility index (Phi) is 4.15. The largest absolute Gasteiger partial charge is 0.324 e. The van der Waals surface area contributed by atoms with E-state index in [4.69, 9.17) is 0 Å². The van der Waals surface area contributed by atoms with Gasteiger partial charge in [0.25, 0.3) is 0 Å². The molecule has 150 valence electrons. The van der Waals surface area contributed by atoms with Gasteiger partial charge in [-0.2, -0.15) is 0 Å². The average Bonchev–Trinajstić information content (AvgIpc) is 3.26. The van der Waals surface area contributed by atoms with Gasteiger partial charge >= 0.3 is 0 Å². The molecule has 1 amide bonds. The molecule has 0 saturated carbocycles. The normalized spacial score (nSPS) is 27.1. The molecule has 2 aliphatic rings. The number of nitrogens with zero attached hydrogens (tertiary/aromatic N) is 1. The summed E-state index contributed by atoms with van der Waals surface area (Å²) >= 11 is 0. The number of rotatable bonds is 3. The van der Waals surface area contributed by atoms with E-state index in [9.17, 15) is 19.3 Å². The minimum atomic E-state index is -1.46. The Morgan fingerprint density at radius 3 is 2.20 bits per heavy atom. The second kappa shape index (κ2) is 6.74. The molecule has 3 aromatic rings. The zero-order chi connectivity index (χ0) is 20.9. The van der Waals surface area contributed by atoms with E-state index in [0.29, 0.717) is 22.4 Å². The van der Waals surface area contributed by atoms with Crippen LogP contribution in [0.2, 0.25) is 0 Å². The molecule has 4 atom stereocenters. The molecule has 0 aromatic heterocycles. The molecule has 0 bridgehead atoms. The lowest BCUT2D eigenvalue weighted by atomic mass is 9.74. The summed E-state index contributed by atoms with van der Waals surface area (Å²) in [5.74, 6) is -1.75. The van der Waals surface area contributed by atoms with Crippen LogP contribution < -0.4 is 10.6 Å². The van der Waals surface area contributed by atoms with Gasteiger partial charge in [-0.1, -0.05) is 60.7 Å². The summed E-state index contributed by atoms with van der Waals surface area (Å²) < 4.78 is 14.2. The fraction of sp³-hybridized carbons (Fsp3) is 0.174. The van der Waals surface area contributed by atoms with Gasteiger partial charge in [0.15, 0.2) is 0 Å².